The third-order valence-electron chi connectivity index (χ3n) is 4.80. The van der Waals surface area contributed by atoms with Crippen LogP contribution in [-0.4, -0.2) is 48.4 Å². The maximum Gasteiger partial charge on any atom is 0.158 e. The average molecular weight is 434 g/mol. The molecule has 0 atom stereocenters. The highest BCUT2D eigenvalue weighted by molar-refractivity contribution is 5.89. The van der Waals surface area contributed by atoms with Crippen LogP contribution in [0.5, 0.6) is 5.75 Å². The second kappa shape index (κ2) is 7.95. The molecular weight excluding hydrogens is 406 g/mol. The van der Waals surface area contributed by atoms with Gasteiger partial charge < -0.3 is 20.8 Å². The number of aryl methyl sites for hydroxylation is 2. The maximum absolute atomic E-state index is 7.79. The normalized spacial score (nSPS) is 11.6. The molecule has 0 unspecified atom stereocenters. The fraction of sp³-hybridized carbons (Fsp3) is 0.318. The Balaban J connectivity index is 1.69. The minimum Gasteiger partial charge on any atom is -0.487 e. The second-order valence-electron chi connectivity index (χ2n) is 8.42. The molecule has 4 aromatic rings. The zero-order valence-electron chi connectivity index (χ0n) is 19.1. The third-order valence-corrected chi connectivity index (χ3v) is 4.80. The molecule has 0 radical (unpaired) electrons. The molecule has 4 heterocycles. The summed E-state index contributed by atoms with van der Waals surface area (Å²) in [5.41, 5.74) is 2.46. The predicted octanol–water partition coefficient (Wildman–Crippen LogP) is 3.72. The summed E-state index contributed by atoms with van der Waals surface area (Å²) in [5, 5.41) is 24.0. The fourth-order valence-electron chi connectivity index (χ4n) is 3.35. The minimum atomic E-state index is -0.419. The number of hydrogen-bond donors (Lipinski definition) is 3. The van der Waals surface area contributed by atoms with Gasteiger partial charge in [0.25, 0.3) is 0 Å². The smallest absolute Gasteiger partial charge is 0.158 e. The first-order valence-corrected chi connectivity index (χ1v) is 10.2. The lowest BCUT2D eigenvalue weighted by atomic mass is 10.1. The Morgan fingerprint density at radius 3 is 2.53 bits per heavy atom. The van der Waals surface area contributed by atoms with Gasteiger partial charge in [-0.1, -0.05) is 0 Å². The van der Waals surface area contributed by atoms with E-state index < -0.39 is 5.60 Å². The number of hydrogen-bond acceptors (Lipinski definition) is 8. The zero-order chi connectivity index (χ0) is 23.0. The van der Waals surface area contributed by atoms with Gasteiger partial charge in [-0.15, -0.1) is 0 Å². The van der Waals surface area contributed by atoms with E-state index in [1.165, 1.54) is 6.21 Å². The van der Waals surface area contributed by atoms with Gasteiger partial charge in [0.2, 0.25) is 0 Å². The molecule has 0 spiro atoms. The number of aromatic nitrogens is 6. The standard InChI is InChI=1S/C22H27N9O/c1-22(2,3)32-17-10-18(28-20(24-4)14(17)11-23)27-19-9-16(29-30(19)5)15-8-7-13-12-25-31(6)21(13)26-15/h7-12,23H,1-6H3,(H2,24,27,28). The first kappa shape index (κ1) is 21.3. The van der Waals surface area contributed by atoms with Gasteiger partial charge in [-0.05, 0) is 32.9 Å². The zero-order valence-corrected chi connectivity index (χ0v) is 19.1. The molecule has 0 saturated heterocycles. The van der Waals surface area contributed by atoms with Crippen LogP contribution in [0.25, 0.3) is 22.4 Å². The topological polar surface area (TPSA) is 119 Å². The number of ether oxygens (including phenoxy) is 1. The highest BCUT2D eigenvalue weighted by atomic mass is 16.5. The van der Waals surface area contributed by atoms with Gasteiger partial charge in [-0.25, -0.2) is 9.97 Å². The van der Waals surface area contributed by atoms with Crippen molar-refractivity contribution in [1.82, 2.24) is 29.5 Å². The Morgan fingerprint density at radius 2 is 1.84 bits per heavy atom. The van der Waals surface area contributed by atoms with E-state index in [1.54, 1.807) is 28.7 Å². The summed E-state index contributed by atoms with van der Waals surface area (Å²) in [7, 11) is 5.49. The SMILES string of the molecule is CNc1nc(Nc2cc(-c3ccc4cnn(C)c4n3)nn2C)cc(OC(C)(C)C)c1C=N. The van der Waals surface area contributed by atoms with Crippen LogP contribution in [0.2, 0.25) is 0 Å². The molecule has 0 fully saturated rings. The van der Waals surface area contributed by atoms with Crippen LogP contribution >= 0.6 is 0 Å². The fourth-order valence-corrected chi connectivity index (χ4v) is 3.35. The van der Waals surface area contributed by atoms with E-state index in [4.69, 9.17) is 15.1 Å². The Bertz CT molecular complexity index is 1300. The highest BCUT2D eigenvalue weighted by Gasteiger charge is 2.19. The van der Waals surface area contributed by atoms with E-state index in [1.807, 2.05) is 53.1 Å². The van der Waals surface area contributed by atoms with Gasteiger partial charge in [-0.3, -0.25) is 9.36 Å². The van der Waals surface area contributed by atoms with Crippen LogP contribution < -0.4 is 15.4 Å². The second-order valence-corrected chi connectivity index (χ2v) is 8.42. The van der Waals surface area contributed by atoms with Gasteiger partial charge in [-0.2, -0.15) is 10.2 Å². The number of nitrogens with one attached hydrogen (secondary N) is 3. The van der Waals surface area contributed by atoms with Crippen LogP contribution in [0, 0.1) is 5.41 Å². The van der Waals surface area contributed by atoms with Gasteiger partial charge in [0.05, 0.1) is 17.5 Å². The minimum absolute atomic E-state index is 0.419. The molecular formula is C22H27N9O. The first-order chi connectivity index (χ1) is 15.2. The Labute approximate surface area is 186 Å². The molecule has 0 amide bonds. The molecule has 10 heteroatoms. The van der Waals surface area contributed by atoms with Gasteiger partial charge in [0.1, 0.15) is 34.5 Å². The van der Waals surface area contributed by atoms with Gasteiger partial charge >= 0.3 is 0 Å². The predicted molar refractivity (Wildman–Crippen MR) is 126 cm³/mol. The quantitative estimate of drug-likeness (QED) is 0.397. The molecule has 4 aromatic heterocycles. The Kier molecular flexibility index (Phi) is 5.29. The molecule has 0 saturated carbocycles. The lowest BCUT2D eigenvalue weighted by Gasteiger charge is -2.24. The number of rotatable bonds is 6. The summed E-state index contributed by atoms with van der Waals surface area (Å²) in [4.78, 5) is 9.29. The van der Waals surface area contributed by atoms with Crippen LogP contribution in [0.3, 0.4) is 0 Å². The molecule has 0 aliphatic heterocycles. The molecule has 32 heavy (non-hydrogen) atoms. The van der Waals surface area contributed by atoms with Crippen LogP contribution in [-0.2, 0) is 14.1 Å². The molecule has 3 N–H and O–H groups in total. The van der Waals surface area contributed by atoms with Gasteiger partial charge in [0, 0.05) is 44.9 Å². The number of pyridine rings is 2. The monoisotopic (exact) mass is 433 g/mol. The lowest BCUT2D eigenvalue weighted by molar-refractivity contribution is 0.131. The van der Waals surface area contributed by atoms with Crippen molar-refractivity contribution in [2.45, 2.75) is 26.4 Å². The van der Waals surface area contributed by atoms with Crippen molar-refractivity contribution in [2.75, 3.05) is 17.7 Å². The van der Waals surface area contributed by atoms with E-state index in [0.717, 1.165) is 28.2 Å². The van der Waals surface area contributed by atoms with Crippen molar-refractivity contribution in [3.8, 4) is 17.1 Å². The lowest BCUT2D eigenvalue weighted by Crippen LogP contribution is -2.24. The summed E-state index contributed by atoms with van der Waals surface area (Å²) in [6.45, 7) is 5.90. The van der Waals surface area contributed by atoms with E-state index in [-0.39, 0.29) is 0 Å². The van der Waals surface area contributed by atoms with Crippen molar-refractivity contribution in [1.29, 1.82) is 5.41 Å². The Morgan fingerprint density at radius 1 is 1.06 bits per heavy atom. The average Bonchev–Trinajstić information content (AvgIpc) is 3.29. The molecule has 166 valence electrons. The van der Waals surface area contributed by atoms with Crippen LogP contribution in [0.15, 0.2) is 30.5 Å². The maximum atomic E-state index is 7.79. The highest BCUT2D eigenvalue weighted by Crippen LogP contribution is 2.31. The number of fused-ring (bicyclic) bond motifs is 1. The molecule has 0 aliphatic carbocycles. The Hall–Kier alpha value is -3.95. The van der Waals surface area contributed by atoms with E-state index in [9.17, 15) is 0 Å². The molecule has 0 aliphatic rings. The summed E-state index contributed by atoms with van der Waals surface area (Å²) >= 11 is 0. The molecule has 10 nitrogen and oxygen atoms in total. The largest absolute Gasteiger partial charge is 0.487 e. The van der Waals surface area contributed by atoms with Crippen molar-refractivity contribution < 1.29 is 4.74 Å². The molecule has 0 bridgehead atoms. The van der Waals surface area contributed by atoms with Crippen molar-refractivity contribution >= 4 is 34.7 Å². The summed E-state index contributed by atoms with van der Waals surface area (Å²) in [5.74, 6) is 2.43. The van der Waals surface area contributed by atoms with E-state index in [2.05, 4.69) is 25.8 Å². The third kappa shape index (κ3) is 4.11. The van der Waals surface area contributed by atoms with Crippen molar-refractivity contribution in [2.24, 2.45) is 14.1 Å². The number of anilines is 3. The van der Waals surface area contributed by atoms with Crippen LogP contribution in [0.4, 0.5) is 17.5 Å². The summed E-state index contributed by atoms with van der Waals surface area (Å²) in [6.07, 6.45) is 3.03. The van der Waals surface area contributed by atoms with E-state index >= 15 is 0 Å². The molecule has 4 rings (SSSR count). The van der Waals surface area contributed by atoms with Crippen molar-refractivity contribution in [3.05, 3.63) is 36.0 Å². The van der Waals surface area contributed by atoms with Gasteiger partial charge in [0.15, 0.2) is 5.65 Å². The molecule has 0 aromatic carbocycles. The van der Waals surface area contributed by atoms with E-state index in [0.29, 0.717) is 22.9 Å². The van der Waals surface area contributed by atoms with Crippen LogP contribution in [0.1, 0.15) is 26.3 Å². The number of nitrogens with zero attached hydrogens (tertiary/aromatic N) is 6. The summed E-state index contributed by atoms with van der Waals surface area (Å²) < 4.78 is 9.56. The van der Waals surface area contributed by atoms with Crippen molar-refractivity contribution in [3.63, 3.8) is 0 Å². The first-order valence-electron chi connectivity index (χ1n) is 10.2. The summed E-state index contributed by atoms with van der Waals surface area (Å²) in [6, 6.07) is 7.63.